The average molecular weight is 215 g/mol. The summed E-state index contributed by atoms with van der Waals surface area (Å²) in [5.74, 6) is 0.437. The molecule has 0 aliphatic rings. The van der Waals surface area contributed by atoms with Gasteiger partial charge < -0.3 is 4.98 Å². The van der Waals surface area contributed by atoms with Crippen molar-refractivity contribution in [2.75, 3.05) is 0 Å². The summed E-state index contributed by atoms with van der Waals surface area (Å²) in [6.07, 6.45) is 3.78. The molecule has 0 aliphatic heterocycles. The number of nitrogens with one attached hydrogen (secondary N) is 1. The Labute approximate surface area is 95.7 Å². The van der Waals surface area contributed by atoms with E-state index < -0.39 is 0 Å². The minimum atomic E-state index is 0.152. The highest BCUT2D eigenvalue weighted by molar-refractivity contribution is 5.84. The zero-order valence-corrected chi connectivity index (χ0v) is 9.79. The average Bonchev–Trinajstić information content (AvgIpc) is 2.69. The van der Waals surface area contributed by atoms with E-state index >= 15 is 0 Å². The van der Waals surface area contributed by atoms with Crippen LogP contribution in [0.1, 0.15) is 25.8 Å². The Bertz CT molecular complexity index is 498. The third kappa shape index (κ3) is 2.01. The molecule has 1 heterocycles. The summed E-state index contributed by atoms with van der Waals surface area (Å²) >= 11 is 0. The lowest BCUT2D eigenvalue weighted by molar-refractivity contribution is -0.120. The van der Waals surface area contributed by atoms with Gasteiger partial charge in [-0.2, -0.15) is 0 Å². The van der Waals surface area contributed by atoms with Crippen LogP contribution < -0.4 is 0 Å². The van der Waals surface area contributed by atoms with Crippen molar-refractivity contribution in [2.24, 2.45) is 5.92 Å². The number of benzene rings is 1. The van der Waals surface area contributed by atoms with Crippen LogP contribution in [0.2, 0.25) is 0 Å². The van der Waals surface area contributed by atoms with Crippen molar-refractivity contribution in [3.63, 3.8) is 0 Å². The maximum atomic E-state index is 11.4. The van der Waals surface area contributed by atoms with Gasteiger partial charge >= 0.3 is 0 Å². The number of para-hydroxylation sites is 1. The highest BCUT2D eigenvalue weighted by Crippen LogP contribution is 2.22. The number of ketones is 1. The Morgan fingerprint density at radius 3 is 2.81 bits per heavy atom. The summed E-state index contributed by atoms with van der Waals surface area (Å²) in [6.45, 7) is 3.75. The van der Waals surface area contributed by atoms with Gasteiger partial charge in [0.25, 0.3) is 0 Å². The summed E-state index contributed by atoms with van der Waals surface area (Å²) in [4.78, 5) is 14.7. The largest absolute Gasteiger partial charge is 0.361 e. The molecule has 16 heavy (non-hydrogen) atoms. The summed E-state index contributed by atoms with van der Waals surface area (Å²) in [7, 11) is 0. The number of aromatic nitrogens is 1. The van der Waals surface area contributed by atoms with Crippen LogP contribution in [-0.4, -0.2) is 10.8 Å². The van der Waals surface area contributed by atoms with E-state index in [9.17, 15) is 4.79 Å². The minimum Gasteiger partial charge on any atom is -0.361 e. The van der Waals surface area contributed by atoms with Crippen molar-refractivity contribution < 1.29 is 4.79 Å². The predicted molar refractivity (Wildman–Crippen MR) is 66.5 cm³/mol. The number of fused-ring (bicyclic) bond motifs is 1. The standard InChI is InChI=1S/C14H17NO/c1-3-11(10(2)16)8-12-9-15-14-7-5-4-6-13(12)14/h4-7,9,11,15H,3,8H2,1-2H3. The molecular weight excluding hydrogens is 198 g/mol. The van der Waals surface area contributed by atoms with Gasteiger partial charge in [-0.05, 0) is 31.4 Å². The van der Waals surface area contributed by atoms with Crippen LogP contribution in [0.15, 0.2) is 30.5 Å². The Morgan fingerprint density at radius 2 is 2.12 bits per heavy atom. The quantitative estimate of drug-likeness (QED) is 0.833. The molecule has 2 rings (SSSR count). The van der Waals surface area contributed by atoms with Crippen molar-refractivity contribution in [1.29, 1.82) is 0 Å². The van der Waals surface area contributed by atoms with Gasteiger partial charge in [0.05, 0.1) is 0 Å². The first-order valence-electron chi connectivity index (χ1n) is 5.77. The van der Waals surface area contributed by atoms with Crippen molar-refractivity contribution in [1.82, 2.24) is 4.98 Å². The van der Waals surface area contributed by atoms with Crippen molar-refractivity contribution in [3.05, 3.63) is 36.0 Å². The fourth-order valence-corrected chi connectivity index (χ4v) is 2.14. The molecule has 0 fully saturated rings. The van der Waals surface area contributed by atoms with Crippen LogP contribution in [-0.2, 0) is 11.2 Å². The molecule has 1 N–H and O–H groups in total. The molecule has 0 amide bonds. The second-order valence-corrected chi connectivity index (χ2v) is 4.28. The zero-order valence-electron chi connectivity index (χ0n) is 9.79. The molecule has 0 spiro atoms. The number of carbonyl (C=O) groups excluding carboxylic acids is 1. The maximum absolute atomic E-state index is 11.4. The molecule has 1 aromatic carbocycles. The van der Waals surface area contributed by atoms with Crippen molar-refractivity contribution in [2.45, 2.75) is 26.7 Å². The van der Waals surface area contributed by atoms with Gasteiger partial charge in [0.1, 0.15) is 5.78 Å². The van der Waals surface area contributed by atoms with Gasteiger partial charge in [0.2, 0.25) is 0 Å². The molecule has 1 unspecified atom stereocenters. The fraction of sp³-hybridized carbons (Fsp3) is 0.357. The van der Waals surface area contributed by atoms with Gasteiger partial charge in [-0.3, -0.25) is 4.79 Å². The van der Waals surface area contributed by atoms with E-state index in [1.54, 1.807) is 6.92 Å². The van der Waals surface area contributed by atoms with Gasteiger partial charge in [-0.1, -0.05) is 25.1 Å². The van der Waals surface area contributed by atoms with Crippen LogP contribution in [0.3, 0.4) is 0 Å². The van der Waals surface area contributed by atoms with E-state index in [0.29, 0.717) is 0 Å². The second kappa shape index (κ2) is 4.52. The number of aromatic amines is 1. The molecule has 0 bridgehead atoms. The lowest BCUT2D eigenvalue weighted by atomic mass is 9.93. The number of H-pyrrole nitrogens is 1. The van der Waals surface area contributed by atoms with E-state index in [4.69, 9.17) is 0 Å². The normalized spacial score (nSPS) is 12.9. The van der Waals surface area contributed by atoms with Gasteiger partial charge in [0, 0.05) is 23.0 Å². The number of carbonyl (C=O) groups is 1. The van der Waals surface area contributed by atoms with E-state index in [2.05, 4.69) is 24.0 Å². The highest BCUT2D eigenvalue weighted by atomic mass is 16.1. The third-order valence-electron chi connectivity index (χ3n) is 3.21. The lowest BCUT2D eigenvalue weighted by Crippen LogP contribution is -2.12. The number of hydrogen-bond donors (Lipinski definition) is 1. The summed E-state index contributed by atoms with van der Waals surface area (Å²) in [6, 6.07) is 8.22. The van der Waals surface area contributed by atoms with E-state index in [1.807, 2.05) is 18.3 Å². The Balaban J connectivity index is 2.30. The van der Waals surface area contributed by atoms with Crippen LogP contribution in [0, 0.1) is 5.92 Å². The first-order valence-corrected chi connectivity index (χ1v) is 5.77. The van der Waals surface area contributed by atoms with Gasteiger partial charge in [0.15, 0.2) is 0 Å². The maximum Gasteiger partial charge on any atom is 0.133 e. The van der Waals surface area contributed by atoms with Crippen LogP contribution in [0.25, 0.3) is 10.9 Å². The second-order valence-electron chi connectivity index (χ2n) is 4.28. The summed E-state index contributed by atoms with van der Waals surface area (Å²) in [5.41, 5.74) is 2.40. The third-order valence-corrected chi connectivity index (χ3v) is 3.21. The Kier molecular flexibility index (Phi) is 3.09. The lowest BCUT2D eigenvalue weighted by Gasteiger charge is -2.09. The van der Waals surface area contributed by atoms with E-state index in [1.165, 1.54) is 10.9 Å². The summed E-state index contributed by atoms with van der Waals surface area (Å²) < 4.78 is 0. The molecular formula is C14H17NO. The molecule has 0 aliphatic carbocycles. The Morgan fingerprint density at radius 1 is 1.38 bits per heavy atom. The minimum absolute atomic E-state index is 0.152. The summed E-state index contributed by atoms with van der Waals surface area (Å²) in [5, 5.41) is 1.24. The molecule has 84 valence electrons. The van der Waals surface area contributed by atoms with Crippen LogP contribution in [0.5, 0.6) is 0 Å². The van der Waals surface area contributed by atoms with Crippen molar-refractivity contribution >= 4 is 16.7 Å². The van der Waals surface area contributed by atoms with Crippen LogP contribution >= 0.6 is 0 Å². The highest BCUT2D eigenvalue weighted by Gasteiger charge is 2.14. The number of hydrogen-bond acceptors (Lipinski definition) is 1. The molecule has 2 heteroatoms. The molecule has 1 aromatic heterocycles. The monoisotopic (exact) mass is 215 g/mol. The molecule has 2 aromatic rings. The SMILES string of the molecule is CCC(Cc1c[nH]c2ccccc12)C(C)=O. The number of rotatable bonds is 4. The molecule has 2 nitrogen and oxygen atoms in total. The first-order chi connectivity index (χ1) is 7.72. The van der Waals surface area contributed by atoms with Gasteiger partial charge in [-0.15, -0.1) is 0 Å². The first kappa shape index (κ1) is 10.9. The molecule has 0 saturated heterocycles. The smallest absolute Gasteiger partial charge is 0.133 e. The number of Topliss-reactive ketones (excluding diaryl/α,β-unsaturated/α-hetero) is 1. The molecule has 1 atom stereocenters. The van der Waals surface area contributed by atoms with E-state index in [-0.39, 0.29) is 11.7 Å². The van der Waals surface area contributed by atoms with Crippen LogP contribution in [0.4, 0.5) is 0 Å². The van der Waals surface area contributed by atoms with E-state index in [0.717, 1.165) is 18.4 Å². The van der Waals surface area contributed by atoms with Gasteiger partial charge in [-0.25, -0.2) is 0 Å². The van der Waals surface area contributed by atoms with Crippen molar-refractivity contribution in [3.8, 4) is 0 Å². The predicted octanol–water partition coefficient (Wildman–Crippen LogP) is 3.33. The molecule has 0 saturated carbocycles. The molecule has 0 radical (unpaired) electrons. The topological polar surface area (TPSA) is 32.9 Å². The fourth-order valence-electron chi connectivity index (χ4n) is 2.14. The Hall–Kier alpha value is -1.57. The zero-order chi connectivity index (χ0) is 11.5.